The summed E-state index contributed by atoms with van der Waals surface area (Å²) in [7, 11) is 0. The van der Waals surface area contributed by atoms with Crippen LogP contribution < -0.4 is 5.73 Å². The van der Waals surface area contributed by atoms with Crippen molar-refractivity contribution in [3.05, 3.63) is 17.5 Å². The summed E-state index contributed by atoms with van der Waals surface area (Å²) in [4.78, 5) is 2.38. The molecule has 78 valence electrons. The Balaban J connectivity index is 1.90. The fourth-order valence-corrected chi connectivity index (χ4v) is 2.02. The van der Waals surface area contributed by atoms with Gasteiger partial charge in [0.2, 0.25) is 0 Å². The number of aryl methyl sites for hydroxylation is 1. The van der Waals surface area contributed by atoms with E-state index in [1.165, 1.54) is 6.42 Å². The molecule has 0 spiro atoms. The Hall–Kier alpha value is -0.870. The molecule has 0 aromatic carbocycles. The summed E-state index contributed by atoms with van der Waals surface area (Å²) in [6, 6.07) is 2.45. The van der Waals surface area contributed by atoms with Gasteiger partial charge >= 0.3 is 0 Å². The third kappa shape index (κ3) is 2.33. The second-order valence-electron chi connectivity index (χ2n) is 4.18. The van der Waals surface area contributed by atoms with Crippen molar-refractivity contribution >= 4 is 0 Å². The molecule has 1 aromatic rings. The highest BCUT2D eigenvalue weighted by Crippen LogP contribution is 2.11. The van der Waals surface area contributed by atoms with Crippen LogP contribution in [0.2, 0.25) is 0 Å². The van der Waals surface area contributed by atoms with Gasteiger partial charge in [0.1, 0.15) is 0 Å². The number of rotatable bonds is 2. The number of piperidine rings is 1. The predicted octanol–water partition coefficient (Wildman–Crippen LogP) is 0.641. The highest BCUT2D eigenvalue weighted by atomic mass is 15.2. The Morgan fingerprint density at radius 1 is 1.71 bits per heavy atom. The number of hydrogen-bond acceptors (Lipinski definition) is 3. The zero-order chi connectivity index (χ0) is 9.97. The maximum atomic E-state index is 5.91. The Kier molecular flexibility index (Phi) is 2.84. The zero-order valence-electron chi connectivity index (χ0n) is 8.66. The van der Waals surface area contributed by atoms with Crippen molar-refractivity contribution < 1.29 is 0 Å². The van der Waals surface area contributed by atoms with E-state index in [4.69, 9.17) is 5.73 Å². The van der Waals surface area contributed by atoms with Crippen molar-refractivity contribution in [3.63, 3.8) is 0 Å². The molecule has 1 aliphatic rings. The van der Waals surface area contributed by atoms with Crippen LogP contribution in [0.25, 0.3) is 0 Å². The topological polar surface area (TPSA) is 57.9 Å². The molecular weight excluding hydrogens is 176 g/mol. The summed E-state index contributed by atoms with van der Waals surface area (Å²) < 4.78 is 0. The molecule has 1 atom stereocenters. The van der Waals surface area contributed by atoms with Crippen LogP contribution in [0.1, 0.15) is 24.2 Å². The lowest BCUT2D eigenvalue weighted by atomic mass is 10.1. The average Bonchev–Trinajstić information content (AvgIpc) is 2.51. The molecule has 0 saturated carbocycles. The van der Waals surface area contributed by atoms with Crippen LogP contribution in [0.4, 0.5) is 0 Å². The molecule has 1 fully saturated rings. The Bertz CT molecular complexity index is 294. The Morgan fingerprint density at radius 3 is 3.21 bits per heavy atom. The van der Waals surface area contributed by atoms with E-state index in [-0.39, 0.29) is 0 Å². The normalized spacial score (nSPS) is 24.0. The van der Waals surface area contributed by atoms with E-state index < -0.39 is 0 Å². The maximum absolute atomic E-state index is 5.91. The standard InChI is InChI=1S/C10H18N4/c1-8-5-10(13-12-8)7-14-4-2-3-9(11)6-14/h5,9H,2-4,6-7,11H2,1H3,(H,12,13)/t9-/m0/s1. The van der Waals surface area contributed by atoms with Crippen molar-refractivity contribution in [2.24, 2.45) is 5.73 Å². The van der Waals surface area contributed by atoms with Gasteiger partial charge in [0.15, 0.2) is 0 Å². The lowest BCUT2D eigenvalue weighted by molar-refractivity contribution is 0.199. The van der Waals surface area contributed by atoms with Crippen molar-refractivity contribution in [2.45, 2.75) is 32.4 Å². The van der Waals surface area contributed by atoms with Crippen LogP contribution in [0.5, 0.6) is 0 Å². The highest BCUT2D eigenvalue weighted by Gasteiger charge is 2.17. The molecule has 0 amide bonds. The first-order valence-corrected chi connectivity index (χ1v) is 5.23. The first-order chi connectivity index (χ1) is 6.74. The van der Waals surface area contributed by atoms with Gasteiger partial charge in [0.25, 0.3) is 0 Å². The maximum Gasteiger partial charge on any atom is 0.0765 e. The van der Waals surface area contributed by atoms with Gasteiger partial charge in [0, 0.05) is 24.8 Å². The molecule has 4 heteroatoms. The van der Waals surface area contributed by atoms with E-state index in [1.54, 1.807) is 0 Å². The largest absolute Gasteiger partial charge is 0.327 e. The summed E-state index contributed by atoms with van der Waals surface area (Å²) in [5.41, 5.74) is 8.16. The van der Waals surface area contributed by atoms with Crippen molar-refractivity contribution in [1.29, 1.82) is 0 Å². The summed E-state index contributed by atoms with van der Waals surface area (Å²) in [5.74, 6) is 0. The van der Waals surface area contributed by atoms with Crippen molar-refractivity contribution in [2.75, 3.05) is 13.1 Å². The SMILES string of the molecule is Cc1cc(CN2CCC[C@H](N)C2)n[nH]1. The second kappa shape index (κ2) is 4.11. The van der Waals surface area contributed by atoms with Gasteiger partial charge in [-0.3, -0.25) is 10.00 Å². The summed E-state index contributed by atoms with van der Waals surface area (Å²) in [6.45, 7) is 5.11. The molecule has 2 heterocycles. The number of nitrogens with one attached hydrogen (secondary N) is 1. The zero-order valence-corrected chi connectivity index (χ0v) is 8.66. The van der Waals surface area contributed by atoms with E-state index >= 15 is 0 Å². The summed E-state index contributed by atoms with van der Waals surface area (Å²) >= 11 is 0. The molecule has 1 aromatic heterocycles. The van der Waals surface area contributed by atoms with E-state index in [0.717, 1.165) is 37.4 Å². The number of nitrogens with zero attached hydrogens (tertiary/aromatic N) is 2. The van der Waals surface area contributed by atoms with Gasteiger partial charge in [-0.25, -0.2) is 0 Å². The Labute approximate surface area is 84.5 Å². The molecule has 1 saturated heterocycles. The van der Waals surface area contributed by atoms with E-state index in [1.807, 2.05) is 6.92 Å². The fraction of sp³-hybridized carbons (Fsp3) is 0.700. The van der Waals surface area contributed by atoms with Gasteiger partial charge in [0.05, 0.1) is 5.69 Å². The molecule has 4 nitrogen and oxygen atoms in total. The monoisotopic (exact) mass is 194 g/mol. The minimum atomic E-state index is 0.351. The van der Waals surface area contributed by atoms with Gasteiger partial charge in [-0.1, -0.05) is 0 Å². The Morgan fingerprint density at radius 2 is 2.57 bits per heavy atom. The van der Waals surface area contributed by atoms with Crippen LogP contribution in [0, 0.1) is 6.92 Å². The van der Waals surface area contributed by atoms with Crippen LogP contribution in [0.3, 0.4) is 0 Å². The minimum Gasteiger partial charge on any atom is -0.327 e. The van der Waals surface area contributed by atoms with Gasteiger partial charge in [-0.05, 0) is 32.4 Å². The second-order valence-corrected chi connectivity index (χ2v) is 4.18. The third-order valence-electron chi connectivity index (χ3n) is 2.69. The smallest absolute Gasteiger partial charge is 0.0765 e. The lowest BCUT2D eigenvalue weighted by Gasteiger charge is -2.29. The van der Waals surface area contributed by atoms with Crippen molar-refractivity contribution in [1.82, 2.24) is 15.1 Å². The van der Waals surface area contributed by atoms with Crippen LogP contribution in [0.15, 0.2) is 6.07 Å². The average molecular weight is 194 g/mol. The van der Waals surface area contributed by atoms with E-state index in [9.17, 15) is 0 Å². The van der Waals surface area contributed by atoms with Crippen LogP contribution in [-0.2, 0) is 6.54 Å². The number of aromatic nitrogens is 2. The predicted molar refractivity (Wildman–Crippen MR) is 55.8 cm³/mol. The number of nitrogens with two attached hydrogens (primary N) is 1. The number of likely N-dealkylation sites (tertiary alicyclic amines) is 1. The molecule has 0 radical (unpaired) electrons. The minimum absolute atomic E-state index is 0.351. The molecule has 3 N–H and O–H groups in total. The van der Waals surface area contributed by atoms with Crippen LogP contribution in [-0.4, -0.2) is 34.2 Å². The first-order valence-electron chi connectivity index (χ1n) is 5.23. The molecule has 2 rings (SSSR count). The molecule has 1 aliphatic heterocycles. The molecule has 0 bridgehead atoms. The van der Waals surface area contributed by atoms with Gasteiger partial charge in [-0.15, -0.1) is 0 Å². The number of hydrogen-bond donors (Lipinski definition) is 2. The van der Waals surface area contributed by atoms with Gasteiger partial charge in [-0.2, -0.15) is 5.10 Å². The van der Waals surface area contributed by atoms with Crippen LogP contribution >= 0.6 is 0 Å². The lowest BCUT2D eigenvalue weighted by Crippen LogP contribution is -2.42. The molecule has 14 heavy (non-hydrogen) atoms. The quantitative estimate of drug-likeness (QED) is 0.726. The highest BCUT2D eigenvalue weighted by molar-refractivity contribution is 5.06. The fourth-order valence-electron chi connectivity index (χ4n) is 2.02. The first kappa shape index (κ1) is 9.68. The molecule has 0 unspecified atom stereocenters. The summed E-state index contributed by atoms with van der Waals surface area (Å²) in [5, 5.41) is 7.19. The third-order valence-corrected chi connectivity index (χ3v) is 2.69. The molecule has 0 aliphatic carbocycles. The van der Waals surface area contributed by atoms with E-state index in [2.05, 4.69) is 21.2 Å². The molecular formula is C10H18N4. The number of aromatic amines is 1. The van der Waals surface area contributed by atoms with Crippen molar-refractivity contribution in [3.8, 4) is 0 Å². The summed E-state index contributed by atoms with van der Waals surface area (Å²) in [6.07, 6.45) is 2.38. The number of H-pyrrole nitrogens is 1. The van der Waals surface area contributed by atoms with Gasteiger partial charge < -0.3 is 5.73 Å². The van der Waals surface area contributed by atoms with E-state index in [0.29, 0.717) is 6.04 Å².